The van der Waals surface area contributed by atoms with E-state index in [0.717, 1.165) is 19.4 Å². The third-order valence-electron chi connectivity index (χ3n) is 4.49. The molecule has 0 aromatic carbocycles. The van der Waals surface area contributed by atoms with Gasteiger partial charge in [-0.15, -0.1) is 0 Å². The van der Waals surface area contributed by atoms with E-state index < -0.39 is 0 Å². The van der Waals surface area contributed by atoms with E-state index in [9.17, 15) is 4.79 Å². The molecule has 138 valence electrons. The molecule has 0 radical (unpaired) electrons. The smallest absolute Gasteiger partial charge is 0.243 e. The first kappa shape index (κ1) is 19.0. The van der Waals surface area contributed by atoms with Gasteiger partial charge in [-0.3, -0.25) is 4.79 Å². The van der Waals surface area contributed by atoms with E-state index >= 15 is 0 Å². The van der Waals surface area contributed by atoms with Crippen LogP contribution in [-0.4, -0.2) is 69.0 Å². The quantitative estimate of drug-likeness (QED) is 0.579. The molecule has 1 unspecified atom stereocenters. The molecule has 1 saturated heterocycles. The van der Waals surface area contributed by atoms with Gasteiger partial charge in [-0.1, -0.05) is 12.8 Å². The summed E-state index contributed by atoms with van der Waals surface area (Å²) in [6.45, 7) is 4.12. The average Bonchev–Trinajstić information content (AvgIpc) is 2.81. The average molecular weight is 340 g/mol. The summed E-state index contributed by atoms with van der Waals surface area (Å²) in [6.07, 6.45) is 6.91. The first-order valence-electron chi connectivity index (χ1n) is 9.09. The van der Waals surface area contributed by atoms with Crippen molar-refractivity contribution in [1.82, 2.24) is 15.5 Å². The van der Waals surface area contributed by atoms with Crippen LogP contribution in [0.3, 0.4) is 0 Å². The van der Waals surface area contributed by atoms with Gasteiger partial charge in [0.2, 0.25) is 5.91 Å². The summed E-state index contributed by atoms with van der Waals surface area (Å²) in [5.74, 6) is 0.252. The number of nitrogens with zero attached hydrogens (tertiary/aromatic N) is 2. The first-order valence-corrected chi connectivity index (χ1v) is 9.09. The lowest BCUT2D eigenvalue weighted by atomic mass is 10.1. The molecule has 1 atom stereocenters. The summed E-state index contributed by atoms with van der Waals surface area (Å²) in [4.78, 5) is 17.5. The summed E-state index contributed by atoms with van der Waals surface area (Å²) < 4.78 is 12.2. The third kappa shape index (κ3) is 5.63. The predicted molar refractivity (Wildman–Crippen MR) is 93.9 cm³/mol. The van der Waals surface area contributed by atoms with Gasteiger partial charge in [0.05, 0.1) is 6.61 Å². The Morgan fingerprint density at radius 2 is 1.92 bits per heavy atom. The van der Waals surface area contributed by atoms with Crippen molar-refractivity contribution in [2.75, 3.05) is 40.3 Å². The van der Waals surface area contributed by atoms with Crippen LogP contribution in [0, 0.1) is 0 Å². The maximum Gasteiger partial charge on any atom is 0.243 e. The summed E-state index contributed by atoms with van der Waals surface area (Å²) in [6, 6.07) is 0. The van der Waals surface area contributed by atoms with Crippen molar-refractivity contribution < 1.29 is 14.3 Å². The molecule has 7 nitrogen and oxygen atoms in total. The van der Waals surface area contributed by atoms with Crippen molar-refractivity contribution >= 4 is 11.9 Å². The second-order valence-electron chi connectivity index (χ2n) is 6.74. The van der Waals surface area contributed by atoms with Crippen LogP contribution < -0.4 is 10.6 Å². The van der Waals surface area contributed by atoms with Gasteiger partial charge in [0.1, 0.15) is 12.6 Å². The topological polar surface area (TPSA) is 75.2 Å². The van der Waals surface area contributed by atoms with E-state index in [2.05, 4.69) is 15.6 Å². The van der Waals surface area contributed by atoms with Gasteiger partial charge in [0.25, 0.3) is 0 Å². The highest BCUT2D eigenvalue weighted by atomic mass is 16.7. The highest BCUT2D eigenvalue weighted by Gasteiger charge is 2.41. The molecule has 1 heterocycles. The summed E-state index contributed by atoms with van der Waals surface area (Å²) in [7, 11) is 3.46. The number of nitrogens with one attached hydrogen (secondary N) is 2. The Kier molecular flexibility index (Phi) is 7.30. The Balaban J connectivity index is 1.81. The molecule has 24 heavy (non-hydrogen) atoms. The van der Waals surface area contributed by atoms with E-state index in [1.54, 1.807) is 14.1 Å². The van der Waals surface area contributed by atoms with Gasteiger partial charge in [-0.25, -0.2) is 4.99 Å². The maximum atomic E-state index is 11.7. The lowest BCUT2D eigenvalue weighted by Crippen LogP contribution is -2.43. The molecule has 2 rings (SSSR count). The zero-order chi connectivity index (χ0) is 17.4. The Morgan fingerprint density at radius 3 is 2.54 bits per heavy atom. The fourth-order valence-corrected chi connectivity index (χ4v) is 3.09. The van der Waals surface area contributed by atoms with Crippen LogP contribution in [0.2, 0.25) is 0 Å². The number of hydrogen-bond donors (Lipinski definition) is 2. The molecule has 2 aliphatic rings. The molecule has 0 aromatic rings. The van der Waals surface area contributed by atoms with Crippen LogP contribution in [0.4, 0.5) is 0 Å². The molecule has 1 aliphatic carbocycles. The van der Waals surface area contributed by atoms with Crippen LogP contribution in [0.25, 0.3) is 0 Å². The summed E-state index contributed by atoms with van der Waals surface area (Å²) >= 11 is 0. The number of hydrogen-bond acceptors (Lipinski definition) is 4. The predicted octanol–water partition coefficient (Wildman–Crippen LogP) is 1.10. The van der Waals surface area contributed by atoms with Crippen LogP contribution in [0.5, 0.6) is 0 Å². The molecule has 1 amide bonds. The second kappa shape index (κ2) is 9.22. The standard InChI is InChI=1S/C17H32N4O3/c1-4-18-16(20-12-15(22)21(2)3)19-11-14-13-23-17(24-14)9-7-5-6-8-10-17/h14H,4-13H2,1-3H3,(H2,18,19,20). The van der Waals surface area contributed by atoms with Crippen LogP contribution in [-0.2, 0) is 14.3 Å². The number of carbonyl (C=O) groups is 1. The summed E-state index contributed by atoms with van der Waals surface area (Å²) in [5.41, 5.74) is 0. The Bertz CT molecular complexity index is 432. The Hall–Kier alpha value is -1.34. The molecule has 1 saturated carbocycles. The molecule has 0 bridgehead atoms. The van der Waals surface area contributed by atoms with Gasteiger partial charge in [0.15, 0.2) is 11.7 Å². The van der Waals surface area contributed by atoms with Crippen molar-refractivity contribution in [3.05, 3.63) is 0 Å². The van der Waals surface area contributed by atoms with Gasteiger partial charge in [0, 0.05) is 40.0 Å². The molecule has 0 aromatic heterocycles. The second-order valence-corrected chi connectivity index (χ2v) is 6.74. The van der Waals surface area contributed by atoms with Gasteiger partial charge >= 0.3 is 0 Å². The largest absolute Gasteiger partial charge is 0.357 e. The van der Waals surface area contributed by atoms with Crippen LogP contribution in [0.15, 0.2) is 4.99 Å². The number of guanidine groups is 1. The minimum Gasteiger partial charge on any atom is -0.357 e. The van der Waals surface area contributed by atoms with Crippen LogP contribution >= 0.6 is 0 Å². The molecule has 1 aliphatic heterocycles. The molecule has 7 heteroatoms. The molecular formula is C17H32N4O3. The fraction of sp³-hybridized carbons (Fsp3) is 0.882. The minimum absolute atomic E-state index is 0.0231. The third-order valence-corrected chi connectivity index (χ3v) is 4.49. The van der Waals surface area contributed by atoms with Crippen molar-refractivity contribution in [1.29, 1.82) is 0 Å². The van der Waals surface area contributed by atoms with Crippen molar-refractivity contribution in [2.24, 2.45) is 4.99 Å². The van der Waals surface area contributed by atoms with Gasteiger partial charge in [-0.05, 0) is 19.8 Å². The molecule has 1 spiro atoms. The first-order chi connectivity index (χ1) is 11.5. The zero-order valence-electron chi connectivity index (χ0n) is 15.3. The lowest BCUT2D eigenvalue weighted by molar-refractivity contribution is -0.175. The molecule has 2 fully saturated rings. The maximum absolute atomic E-state index is 11.7. The highest BCUT2D eigenvalue weighted by molar-refractivity contribution is 5.84. The van der Waals surface area contributed by atoms with E-state index in [0.29, 0.717) is 19.1 Å². The van der Waals surface area contributed by atoms with Crippen LogP contribution in [0.1, 0.15) is 45.4 Å². The lowest BCUT2D eigenvalue weighted by Gasteiger charge is -2.26. The van der Waals surface area contributed by atoms with Crippen molar-refractivity contribution in [3.63, 3.8) is 0 Å². The number of rotatable bonds is 5. The fourth-order valence-electron chi connectivity index (χ4n) is 3.09. The van der Waals surface area contributed by atoms with E-state index in [1.807, 2.05) is 6.92 Å². The minimum atomic E-state index is -0.362. The monoisotopic (exact) mass is 340 g/mol. The van der Waals surface area contributed by atoms with E-state index in [-0.39, 0.29) is 24.3 Å². The molecule has 2 N–H and O–H groups in total. The highest BCUT2D eigenvalue weighted by Crippen LogP contribution is 2.36. The Morgan fingerprint density at radius 1 is 1.21 bits per heavy atom. The van der Waals surface area contributed by atoms with Crippen molar-refractivity contribution in [2.45, 2.75) is 57.3 Å². The summed E-state index contributed by atoms with van der Waals surface area (Å²) in [5, 5.41) is 6.41. The number of aliphatic imine (C=N–C) groups is 1. The molecular weight excluding hydrogens is 308 g/mol. The number of carbonyl (C=O) groups excluding carboxylic acids is 1. The number of ether oxygens (including phenoxy) is 2. The zero-order valence-corrected chi connectivity index (χ0v) is 15.3. The van der Waals surface area contributed by atoms with Gasteiger partial charge in [-0.2, -0.15) is 0 Å². The van der Waals surface area contributed by atoms with Crippen molar-refractivity contribution in [3.8, 4) is 0 Å². The SMILES string of the molecule is CCNC(=NCC(=O)N(C)C)NCC1COC2(CCCCCC2)O1. The van der Waals surface area contributed by atoms with Gasteiger partial charge < -0.3 is 25.0 Å². The van der Waals surface area contributed by atoms with E-state index in [4.69, 9.17) is 9.47 Å². The normalized spacial score (nSPS) is 23.8. The Labute approximate surface area is 145 Å². The number of amides is 1. The number of likely N-dealkylation sites (N-methyl/N-ethyl adjacent to an activating group) is 1. The van der Waals surface area contributed by atoms with E-state index in [1.165, 1.54) is 30.6 Å².